The molecule has 0 unspecified atom stereocenters. The molecule has 382 valence electrons. The number of fused-ring (bicyclic) bond motifs is 6. The number of hydrogen-bond donors (Lipinski definition) is 0. The second-order valence-corrected chi connectivity index (χ2v) is 20.4. The second-order valence-electron chi connectivity index (χ2n) is 20.4. The van der Waals surface area contributed by atoms with E-state index in [1.54, 1.807) is 0 Å². The summed E-state index contributed by atoms with van der Waals surface area (Å²) in [5, 5.41) is 7.16. The molecule has 0 spiro atoms. The van der Waals surface area contributed by atoms with Crippen molar-refractivity contribution in [3.63, 3.8) is 0 Å². The highest BCUT2D eigenvalue weighted by Crippen LogP contribution is 2.51. The summed E-state index contributed by atoms with van der Waals surface area (Å²) in [6.45, 7) is 0. The number of benzene rings is 14. The Morgan fingerprint density at radius 1 is 0.160 bits per heavy atom. The number of para-hydroxylation sites is 6. The molecule has 0 saturated carbocycles. The molecule has 0 heterocycles. The molecule has 0 N–H and O–H groups in total. The Hall–Kier alpha value is -10.7. The van der Waals surface area contributed by atoms with Gasteiger partial charge in [0, 0.05) is 51.2 Å². The van der Waals surface area contributed by atoms with Crippen molar-refractivity contribution in [2.75, 3.05) is 14.7 Å². The zero-order chi connectivity index (χ0) is 53.9. The molecule has 0 amide bonds. The molecular weight excluding hydrogens is 979 g/mol. The zero-order valence-electron chi connectivity index (χ0n) is 44.6. The highest BCUT2D eigenvalue weighted by Gasteiger charge is 2.24. The maximum atomic E-state index is 2.46. The van der Waals surface area contributed by atoms with E-state index in [9.17, 15) is 0 Å². The first-order valence-corrected chi connectivity index (χ1v) is 27.7. The molecule has 14 aromatic carbocycles. The van der Waals surface area contributed by atoms with Crippen LogP contribution in [0.25, 0.3) is 76.8 Å². The third-order valence-electron chi connectivity index (χ3n) is 15.6. The topological polar surface area (TPSA) is 9.72 Å². The van der Waals surface area contributed by atoms with Gasteiger partial charge in [-0.25, -0.2) is 0 Å². The van der Waals surface area contributed by atoms with E-state index < -0.39 is 0 Å². The third-order valence-corrected chi connectivity index (χ3v) is 15.6. The zero-order valence-corrected chi connectivity index (χ0v) is 44.6. The Kier molecular flexibility index (Phi) is 13.0. The van der Waals surface area contributed by atoms with Crippen molar-refractivity contribution in [2.45, 2.75) is 0 Å². The van der Waals surface area contributed by atoms with Crippen LogP contribution in [0.5, 0.6) is 0 Å². The average molecular weight is 1030 g/mol. The number of nitrogens with zero attached hydrogens (tertiary/aromatic N) is 3. The van der Waals surface area contributed by atoms with Gasteiger partial charge >= 0.3 is 0 Å². The van der Waals surface area contributed by atoms with Crippen molar-refractivity contribution in [3.05, 3.63) is 334 Å². The summed E-state index contributed by atoms with van der Waals surface area (Å²) in [7, 11) is 0. The fourth-order valence-electron chi connectivity index (χ4n) is 11.9. The predicted molar refractivity (Wildman–Crippen MR) is 345 cm³/mol. The van der Waals surface area contributed by atoms with Crippen molar-refractivity contribution in [3.8, 4) is 44.5 Å². The van der Waals surface area contributed by atoms with Crippen LogP contribution < -0.4 is 14.7 Å². The molecule has 0 aliphatic heterocycles. The summed E-state index contributed by atoms with van der Waals surface area (Å²) in [5.74, 6) is 0. The van der Waals surface area contributed by atoms with E-state index in [2.05, 4.69) is 348 Å². The molecule has 0 fully saturated rings. The summed E-state index contributed by atoms with van der Waals surface area (Å²) in [5.41, 5.74) is 19.2. The quantitative estimate of drug-likeness (QED) is 0.107. The summed E-state index contributed by atoms with van der Waals surface area (Å²) >= 11 is 0. The molecule has 0 aromatic heterocycles. The monoisotopic (exact) mass is 1030 g/mol. The van der Waals surface area contributed by atoms with Crippen LogP contribution in [0.2, 0.25) is 0 Å². The Morgan fingerprint density at radius 2 is 0.457 bits per heavy atom. The normalized spacial score (nSPS) is 11.2. The minimum atomic E-state index is 1.08. The number of rotatable bonds is 13. The lowest BCUT2D eigenvalue weighted by Gasteiger charge is -2.27. The maximum absolute atomic E-state index is 2.46. The molecule has 3 heteroatoms. The standard InChI is InChI=1S/C78H55N3/c1-9-25-57(26-10-1)72-55-73(58-27-11-2-12-28-58)77-70-51-45-60(56-41-46-67(47-42-56)79(61-29-13-3-14-30-61)62-31-15-4-16-32-62)53-74(70)75-54-69(81(65-37-21-7-22-38-65)66-39-23-8-24-40-66)50-52-71(75)78(77)76(72)59-43-48-68(49-44-59)80(63-33-17-5-18-34-63)64-35-19-6-20-36-64/h1-55H. The minimum Gasteiger partial charge on any atom is -0.311 e. The van der Waals surface area contributed by atoms with Gasteiger partial charge in [-0.15, -0.1) is 0 Å². The van der Waals surface area contributed by atoms with Gasteiger partial charge in [0.25, 0.3) is 0 Å². The Bertz CT molecular complexity index is 4330. The van der Waals surface area contributed by atoms with Gasteiger partial charge in [0.15, 0.2) is 0 Å². The van der Waals surface area contributed by atoms with Gasteiger partial charge in [0.1, 0.15) is 0 Å². The smallest absolute Gasteiger partial charge is 0.0468 e. The molecule has 81 heavy (non-hydrogen) atoms. The Balaban J connectivity index is 1.05. The van der Waals surface area contributed by atoms with Crippen LogP contribution >= 0.6 is 0 Å². The third kappa shape index (κ3) is 9.33. The second kappa shape index (κ2) is 21.6. The summed E-state index contributed by atoms with van der Waals surface area (Å²) in [4.78, 5) is 7.03. The highest BCUT2D eigenvalue weighted by atomic mass is 15.2. The molecule has 0 bridgehead atoms. The first-order valence-electron chi connectivity index (χ1n) is 27.7. The molecule has 0 saturated heterocycles. The van der Waals surface area contributed by atoms with E-state index in [0.29, 0.717) is 0 Å². The van der Waals surface area contributed by atoms with E-state index in [4.69, 9.17) is 0 Å². The summed E-state index contributed by atoms with van der Waals surface area (Å²) in [6, 6.07) is 121. The highest BCUT2D eigenvalue weighted by molar-refractivity contribution is 6.33. The van der Waals surface area contributed by atoms with Gasteiger partial charge in [-0.1, -0.05) is 212 Å². The Labute approximate surface area is 473 Å². The lowest BCUT2D eigenvalue weighted by molar-refractivity contribution is 1.28. The lowest BCUT2D eigenvalue weighted by atomic mass is 9.81. The van der Waals surface area contributed by atoms with Crippen molar-refractivity contribution in [2.24, 2.45) is 0 Å². The fourth-order valence-corrected chi connectivity index (χ4v) is 11.9. The van der Waals surface area contributed by atoms with Gasteiger partial charge < -0.3 is 14.7 Å². The summed E-state index contributed by atoms with van der Waals surface area (Å²) < 4.78 is 0. The molecule has 3 nitrogen and oxygen atoms in total. The van der Waals surface area contributed by atoms with E-state index in [-0.39, 0.29) is 0 Å². The van der Waals surface area contributed by atoms with Gasteiger partial charge in [0.2, 0.25) is 0 Å². The molecular formula is C78H55N3. The first-order chi connectivity index (χ1) is 40.2. The fraction of sp³-hybridized carbons (Fsp3) is 0. The number of hydrogen-bond acceptors (Lipinski definition) is 3. The van der Waals surface area contributed by atoms with Crippen molar-refractivity contribution in [1.29, 1.82) is 0 Å². The van der Waals surface area contributed by atoms with Gasteiger partial charge in [-0.3, -0.25) is 0 Å². The molecule has 0 aliphatic carbocycles. The van der Waals surface area contributed by atoms with Crippen LogP contribution in [0.3, 0.4) is 0 Å². The molecule has 14 aromatic rings. The predicted octanol–water partition coefficient (Wildman–Crippen LogP) is 22.2. The van der Waals surface area contributed by atoms with Crippen molar-refractivity contribution in [1.82, 2.24) is 0 Å². The lowest BCUT2D eigenvalue weighted by Crippen LogP contribution is -2.09. The summed E-state index contributed by atoms with van der Waals surface area (Å²) in [6.07, 6.45) is 0. The van der Waals surface area contributed by atoms with E-state index >= 15 is 0 Å². The van der Waals surface area contributed by atoms with E-state index in [1.165, 1.54) is 54.6 Å². The molecule has 14 rings (SSSR count). The van der Waals surface area contributed by atoms with E-state index in [1.807, 2.05) is 0 Å². The van der Waals surface area contributed by atoms with Crippen LogP contribution in [0.15, 0.2) is 334 Å². The average Bonchev–Trinajstić information content (AvgIpc) is 3.43. The SMILES string of the molecule is c1ccc(-c2cc(-c3ccccc3)c3c4ccc(-c5ccc(N(c6ccccc6)c6ccccc6)cc5)cc4c4cc(N(c5ccccc5)c5ccccc5)ccc4c3c2-c2ccc(N(c3ccccc3)c3ccccc3)cc2)cc1. The van der Waals surface area contributed by atoms with Crippen LogP contribution in [0.1, 0.15) is 0 Å². The van der Waals surface area contributed by atoms with Crippen LogP contribution in [-0.2, 0) is 0 Å². The van der Waals surface area contributed by atoms with Crippen LogP contribution in [0, 0.1) is 0 Å². The van der Waals surface area contributed by atoms with Crippen molar-refractivity contribution >= 4 is 83.5 Å². The van der Waals surface area contributed by atoms with Gasteiger partial charge in [-0.05, 0) is 198 Å². The Morgan fingerprint density at radius 3 is 0.877 bits per heavy atom. The maximum Gasteiger partial charge on any atom is 0.0468 e. The first kappa shape index (κ1) is 48.6. The van der Waals surface area contributed by atoms with Crippen LogP contribution in [0.4, 0.5) is 51.2 Å². The van der Waals surface area contributed by atoms with E-state index in [0.717, 1.165) is 73.4 Å². The van der Waals surface area contributed by atoms with Gasteiger partial charge in [0.05, 0.1) is 0 Å². The van der Waals surface area contributed by atoms with Crippen molar-refractivity contribution < 1.29 is 0 Å². The number of anilines is 9. The van der Waals surface area contributed by atoms with Gasteiger partial charge in [-0.2, -0.15) is 0 Å². The molecule has 0 radical (unpaired) electrons. The molecule has 0 atom stereocenters. The van der Waals surface area contributed by atoms with Crippen LogP contribution in [-0.4, -0.2) is 0 Å². The minimum absolute atomic E-state index is 1.08. The largest absolute Gasteiger partial charge is 0.311 e. The molecule has 0 aliphatic rings.